The number of hydrogen-bond acceptors (Lipinski definition) is 4. The number of pyridine rings is 1. The molecule has 24 heavy (non-hydrogen) atoms. The summed E-state index contributed by atoms with van der Waals surface area (Å²) in [6, 6.07) is 2.75. The summed E-state index contributed by atoms with van der Waals surface area (Å²) in [6.07, 6.45) is 10.2. The van der Waals surface area contributed by atoms with E-state index in [2.05, 4.69) is 21.4 Å². The fraction of sp³-hybridized carbons (Fsp3) is 0.500. The summed E-state index contributed by atoms with van der Waals surface area (Å²) in [5.41, 5.74) is 0.630. The zero-order valence-electron chi connectivity index (χ0n) is 13.6. The van der Waals surface area contributed by atoms with Crippen molar-refractivity contribution in [2.45, 2.75) is 44.6 Å². The Morgan fingerprint density at radius 2 is 2.12 bits per heavy atom. The Morgan fingerprint density at radius 1 is 1.38 bits per heavy atom. The van der Waals surface area contributed by atoms with Crippen LogP contribution in [0.3, 0.4) is 0 Å². The van der Waals surface area contributed by atoms with Gasteiger partial charge in [0.15, 0.2) is 0 Å². The summed E-state index contributed by atoms with van der Waals surface area (Å²) in [7, 11) is -4.60. The van der Waals surface area contributed by atoms with Crippen molar-refractivity contribution in [3.8, 4) is 0 Å². The number of carbonyl (C=O) groups excluding carboxylic acids is 1. The molecule has 3 N–H and O–H groups in total. The van der Waals surface area contributed by atoms with E-state index in [4.69, 9.17) is 9.79 Å². The van der Waals surface area contributed by atoms with E-state index in [0.717, 1.165) is 32.1 Å². The van der Waals surface area contributed by atoms with E-state index >= 15 is 0 Å². The number of phosphoric acid groups is 1. The second-order valence-corrected chi connectivity index (χ2v) is 6.67. The number of nitrogens with zero attached hydrogens (tertiary/aromatic N) is 1. The van der Waals surface area contributed by atoms with E-state index in [0.29, 0.717) is 12.0 Å². The lowest BCUT2D eigenvalue weighted by Crippen LogP contribution is -2.31. The van der Waals surface area contributed by atoms with Gasteiger partial charge in [-0.2, -0.15) is 0 Å². The Morgan fingerprint density at radius 3 is 2.75 bits per heavy atom. The molecule has 1 unspecified atom stereocenters. The lowest BCUT2D eigenvalue weighted by atomic mass is 10.1. The van der Waals surface area contributed by atoms with Crippen LogP contribution in [0.5, 0.6) is 0 Å². The molecule has 0 aliphatic heterocycles. The summed E-state index contributed by atoms with van der Waals surface area (Å²) in [5, 5.41) is 2.74. The number of unbranched alkanes of at least 4 members (excludes halogenated alkanes) is 4. The van der Waals surface area contributed by atoms with Gasteiger partial charge in [-0.1, -0.05) is 25.0 Å². The molecule has 1 aromatic heterocycles. The molecule has 0 aliphatic carbocycles. The molecule has 0 saturated carbocycles. The summed E-state index contributed by atoms with van der Waals surface area (Å²) in [4.78, 5) is 33.7. The van der Waals surface area contributed by atoms with Gasteiger partial charge in [-0.05, 0) is 30.9 Å². The van der Waals surface area contributed by atoms with Crippen LogP contribution in [0.25, 0.3) is 0 Å². The first-order chi connectivity index (χ1) is 11.4. The van der Waals surface area contributed by atoms with Crippen LogP contribution in [0, 0.1) is 0 Å². The lowest BCUT2D eigenvalue weighted by molar-refractivity contribution is -0.122. The number of hydrogen-bond donors (Lipinski definition) is 3. The molecule has 1 rings (SSSR count). The molecule has 0 aliphatic rings. The number of allylic oxidation sites excluding steroid dienone is 1. The number of nitrogens with one attached hydrogen (secondary N) is 1. The molecule has 0 spiro atoms. The predicted octanol–water partition coefficient (Wildman–Crippen LogP) is 2.87. The first-order valence-electron chi connectivity index (χ1n) is 7.92. The summed E-state index contributed by atoms with van der Waals surface area (Å²) in [6.45, 7) is 3.35. The highest BCUT2D eigenvalue weighted by atomic mass is 31.2. The number of carbonyl (C=O) groups is 1. The van der Waals surface area contributed by atoms with Gasteiger partial charge in [-0.15, -0.1) is 6.58 Å². The van der Waals surface area contributed by atoms with Crippen molar-refractivity contribution in [2.75, 3.05) is 6.61 Å². The predicted molar refractivity (Wildman–Crippen MR) is 91.0 cm³/mol. The molecule has 1 aromatic rings. The molecule has 1 heterocycles. The minimum absolute atomic E-state index is 0.179. The second kappa shape index (κ2) is 11.1. The largest absolute Gasteiger partial charge is 0.469 e. The molecule has 1 amide bonds. The summed E-state index contributed by atoms with van der Waals surface area (Å²) < 4.78 is 15.4. The fourth-order valence-electron chi connectivity index (χ4n) is 2.17. The van der Waals surface area contributed by atoms with Gasteiger partial charge in [0.1, 0.15) is 0 Å². The van der Waals surface area contributed by atoms with E-state index in [9.17, 15) is 9.36 Å². The van der Waals surface area contributed by atoms with Crippen molar-refractivity contribution in [2.24, 2.45) is 0 Å². The molecule has 0 saturated heterocycles. The molecular weight excluding hydrogens is 331 g/mol. The highest BCUT2D eigenvalue weighted by molar-refractivity contribution is 7.46. The standard InChI is InChI=1S/C16H25N2O5P/c1-2-3-4-5-6-7-10-16(19)18-15(13-23-24(20,21)22)14-9-8-11-17-12-14/h2,8-9,11-12,15H,1,3-7,10,13H2,(H,18,19)(H2,20,21,22). The average molecular weight is 356 g/mol. The van der Waals surface area contributed by atoms with E-state index in [1.807, 2.05) is 6.08 Å². The topological polar surface area (TPSA) is 109 Å². The SMILES string of the molecule is C=CCCCCCCC(=O)NC(COP(=O)(O)O)c1cccnc1. The van der Waals surface area contributed by atoms with Crippen LogP contribution >= 0.6 is 7.82 Å². The molecule has 0 aromatic carbocycles. The molecule has 7 nitrogen and oxygen atoms in total. The molecule has 8 heteroatoms. The summed E-state index contributed by atoms with van der Waals surface area (Å²) >= 11 is 0. The Balaban J connectivity index is 2.47. The molecule has 0 bridgehead atoms. The third-order valence-electron chi connectivity index (χ3n) is 3.39. The highest BCUT2D eigenvalue weighted by Gasteiger charge is 2.21. The van der Waals surface area contributed by atoms with Crippen molar-refractivity contribution >= 4 is 13.7 Å². The second-order valence-electron chi connectivity index (χ2n) is 5.43. The van der Waals surface area contributed by atoms with Crippen molar-refractivity contribution in [3.63, 3.8) is 0 Å². The smallest absolute Gasteiger partial charge is 0.347 e. The van der Waals surface area contributed by atoms with Gasteiger partial charge in [0.05, 0.1) is 12.6 Å². The Hall–Kier alpha value is -1.53. The van der Waals surface area contributed by atoms with Crippen LogP contribution in [-0.2, 0) is 13.9 Å². The normalized spacial score (nSPS) is 12.6. The Kier molecular flexibility index (Phi) is 9.49. The minimum Gasteiger partial charge on any atom is -0.347 e. The molecule has 0 radical (unpaired) electrons. The molecular formula is C16H25N2O5P. The summed E-state index contributed by atoms with van der Waals surface area (Å²) in [5.74, 6) is -0.179. The molecule has 1 atom stereocenters. The van der Waals surface area contributed by atoms with Gasteiger partial charge in [-0.25, -0.2) is 4.57 Å². The van der Waals surface area contributed by atoms with Crippen LogP contribution < -0.4 is 5.32 Å². The van der Waals surface area contributed by atoms with Gasteiger partial charge >= 0.3 is 7.82 Å². The van der Waals surface area contributed by atoms with E-state index in [1.165, 1.54) is 6.20 Å². The lowest BCUT2D eigenvalue weighted by Gasteiger charge is -2.19. The maximum Gasteiger partial charge on any atom is 0.469 e. The van der Waals surface area contributed by atoms with Gasteiger partial charge in [0.2, 0.25) is 5.91 Å². The third-order valence-corrected chi connectivity index (χ3v) is 3.88. The van der Waals surface area contributed by atoms with Gasteiger partial charge in [0.25, 0.3) is 0 Å². The molecule has 134 valence electrons. The zero-order valence-corrected chi connectivity index (χ0v) is 14.5. The maximum absolute atomic E-state index is 12.0. The fourth-order valence-corrected chi connectivity index (χ4v) is 2.51. The van der Waals surface area contributed by atoms with Gasteiger partial charge in [0, 0.05) is 18.8 Å². The minimum atomic E-state index is -4.60. The van der Waals surface area contributed by atoms with Gasteiger partial charge < -0.3 is 15.1 Å². The molecule has 0 fully saturated rings. The van der Waals surface area contributed by atoms with Crippen LogP contribution in [0.1, 0.15) is 50.1 Å². The Bertz CT molecular complexity index is 547. The average Bonchev–Trinajstić information content (AvgIpc) is 2.54. The first-order valence-corrected chi connectivity index (χ1v) is 9.45. The first kappa shape index (κ1) is 20.5. The monoisotopic (exact) mass is 356 g/mol. The third kappa shape index (κ3) is 9.57. The maximum atomic E-state index is 12.0. The van der Waals surface area contributed by atoms with Crippen molar-refractivity contribution in [1.82, 2.24) is 10.3 Å². The number of phosphoric ester groups is 1. The van der Waals surface area contributed by atoms with Crippen LogP contribution in [-0.4, -0.2) is 27.3 Å². The van der Waals surface area contributed by atoms with Crippen LogP contribution in [0.2, 0.25) is 0 Å². The van der Waals surface area contributed by atoms with Crippen molar-refractivity contribution < 1.29 is 23.7 Å². The van der Waals surface area contributed by atoms with E-state index in [1.54, 1.807) is 18.3 Å². The van der Waals surface area contributed by atoms with Crippen LogP contribution in [0.15, 0.2) is 37.2 Å². The van der Waals surface area contributed by atoms with Crippen LogP contribution in [0.4, 0.5) is 0 Å². The quantitative estimate of drug-likeness (QED) is 0.302. The number of amides is 1. The highest BCUT2D eigenvalue weighted by Crippen LogP contribution is 2.37. The zero-order chi connectivity index (χ0) is 17.8. The van der Waals surface area contributed by atoms with E-state index < -0.39 is 13.9 Å². The van der Waals surface area contributed by atoms with Crippen molar-refractivity contribution in [3.05, 3.63) is 42.7 Å². The Labute approximate surface area is 142 Å². The van der Waals surface area contributed by atoms with E-state index in [-0.39, 0.29) is 12.5 Å². The number of aromatic nitrogens is 1. The van der Waals surface area contributed by atoms with Crippen molar-refractivity contribution in [1.29, 1.82) is 0 Å². The van der Waals surface area contributed by atoms with Gasteiger partial charge in [-0.3, -0.25) is 14.3 Å². The number of rotatable bonds is 12.